The first-order valence-electron chi connectivity index (χ1n) is 11.0. The fraction of sp³-hybridized carbons (Fsp3) is 0.391. The van der Waals surface area contributed by atoms with Crippen LogP contribution >= 0.6 is 0 Å². The van der Waals surface area contributed by atoms with E-state index in [0.717, 1.165) is 68.4 Å². The number of hydrogen-bond acceptors (Lipinski definition) is 7. The van der Waals surface area contributed by atoms with Gasteiger partial charge in [0.2, 0.25) is 5.91 Å². The third-order valence-corrected chi connectivity index (χ3v) is 6.22. The molecule has 1 aliphatic carbocycles. The second-order valence-electron chi connectivity index (χ2n) is 8.26. The predicted octanol–water partition coefficient (Wildman–Crippen LogP) is 2.64. The van der Waals surface area contributed by atoms with Crippen molar-refractivity contribution >= 4 is 28.7 Å². The summed E-state index contributed by atoms with van der Waals surface area (Å²) < 4.78 is 7.23. The number of rotatable bonds is 6. The number of amides is 1. The number of aromatic nitrogens is 4. The molecule has 0 aromatic carbocycles. The second-order valence-corrected chi connectivity index (χ2v) is 8.26. The standard InChI is InChI=1S/C23H27N7O2/c1-2-22(31)27-18-4-3-16(11-18)17-12-20(23-25-15-26-30(23)14-17)28-21-6-5-19(13-24-21)29-7-9-32-10-8-29/h2,5-6,12-16,18H,1,3-4,7-11H2,(H,24,28)(H,27,31). The van der Waals surface area contributed by atoms with E-state index in [-0.39, 0.29) is 11.9 Å². The van der Waals surface area contributed by atoms with Crippen molar-refractivity contribution in [3.8, 4) is 0 Å². The molecule has 166 valence electrons. The van der Waals surface area contributed by atoms with Crippen LogP contribution in [0.25, 0.3) is 5.65 Å². The Morgan fingerprint density at radius 2 is 2.09 bits per heavy atom. The highest BCUT2D eigenvalue weighted by atomic mass is 16.5. The Morgan fingerprint density at radius 3 is 2.88 bits per heavy atom. The highest BCUT2D eigenvalue weighted by Crippen LogP contribution is 2.36. The number of ether oxygens (including phenoxy) is 1. The van der Waals surface area contributed by atoms with Gasteiger partial charge in [0, 0.05) is 25.3 Å². The fourth-order valence-corrected chi connectivity index (χ4v) is 4.54. The largest absolute Gasteiger partial charge is 0.378 e. The van der Waals surface area contributed by atoms with Crippen molar-refractivity contribution in [1.82, 2.24) is 24.9 Å². The molecule has 1 saturated carbocycles. The lowest BCUT2D eigenvalue weighted by atomic mass is 9.98. The highest BCUT2D eigenvalue weighted by molar-refractivity contribution is 5.87. The van der Waals surface area contributed by atoms with Gasteiger partial charge >= 0.3 is 0 Å². The van der Waals surface area contributed by atoms with E-state index in [1.54, 1.807) is 10.8 Å². The van der Waals surface area contributed by atoms with Crippen molar-refractivity contribution in [3.63, 3.8) is 0 Å². The minimum atomic E-state index is -0.115. The molecule has 1 aliphatic heterocycles. The summed E-state index contributed by atoms with van der Waals surface area (Å²) in [5, 5.41) is 10.8. The van der Waals surface area contributed by atoms with E-state index < -0.39 is 0 Å². The number of carbonyl (C=O) groups excluding carboxylic acids is 1. The van der Waals surface area contributed by atoms with Crippen molar-refractivity contribution in [2.24, 2.45) is 0 Å². The lowest BCUT2D eigenvalue weighted by Gasteiger charge is -2.28. The molecule has 4 heterocycles. The van der Waals surface area contributed by atoms with E-state index in [2.05, 4.69) is 49.3 Å². The predicted molar refractivity (Wildman–Crippen MR) is 122 cm³/mol. The molecule has 2 atom stereocenters. The molecular formula is C23H27N7O2. The van der Waals surface area contributed by atoms with Crippen LogP contribution in [0.15, 0.2) is 49.6 Å². The number of anilines is 3. The Kier molecular flexibility index (Phi) is 5.72. The van der Waals surface area contributed by atoms with E-state index in [0.29, 0.717) is 5.92 Å². The molecule has 0 spiro atoms. The highest BCUT2D eigenvalue weighted by Gasteiger charge is 2.27. The Hall–Kier alpha value is -3.46. The zero-order chi connectivity index (χ0) is 21.9. The van der Waals surface area contributed by atoms with E-state index in [9.17, 15) is 4.79 Å². The average molecular weight is 434 g/mol. The maximum atomic E-state index is 11.7. The molecule has 1 amide bonds. The summed E-state index contributed by atoms with van der Waals surface area (Å²) in [7, 11) is 0. The Morgan fingerprint density at radius 1 is 1.22 bits per heavy atom. The van der Waals surface area contributed by atoms with Gasteiger partial charge in [-0.15, -0.1) is 0 Å². The summed E-state index contributed by atoms with van der Waals surface area (Å²) in [5.41, 5.74) is 3.89. The SMILES string of the molecule is C=CC(=O)NC1CCC(c2cc(Nc3ccc(N4CCOCC4)cn3)c3ncnn3c2)C1. The third kappa shape index (κ3) is 4.29. The van der Waals surface area contributed by atoms with Crippen LogP contribution in [-0.2, 0) is 9.53 Å². The van der Waals surface area contributed by atoms with Crippen LogP contribution in [0.3, 0.4) is 0 Å². The molecule has 9 heteroatoms. The van der Waals surface area contributed by atoms with Crippen LogP contribution in [0, 0.1) is 0 Å². The number of morpholine rings is 1. The minimum Gasteiger partial charge on any atom is -0.378 e. The van der Waals surface area contributed by atoms with Crippen molar-refractivity contribution in [2.75, 3.05) is 36.5 Å². The van der Waals surface area contributed by atoms with Gasteiger partial charge in [-0.2, -0.15) is 5.10 Å². The molecule has 32 heavy (non-hydrogen) atoms. The first kappa shape index (κ1) is 20.4. The van der Waals surface area contributed by atoms with Gasteiger partial charge in [-0.3, -0.25) is 4.79 Å². The van der Waals surface area contributed by atoms with E-state index >= 15 is 0 Å². The van der Waals surface area contributed by atoms with Gasteiger partial charge in [0.05, 0.1) is 30.8 Å². The van der Waals surface area contributed by atoms with Gasteiger partial charge in [-0.1, -0.05) is 6.58 Å². The Balaban J connectivity index is 1.34. The maximum absolute atomic E-state index is 11.7. The van der Waals surface area contributed by atoms with Crippen molar-refractivity contribution in [2.45, 2.75) is 31.2 Å². The van der Waals surface area contributed by atoms with E-state index in [1.807, 2.05) is 18.5 Å². The van der Waals surface area contributed by atoms with E-state index in [4.69, 9.17) is 4.74 Å². The minimum absolute atomic E-state index is 0.115. The average Bonchev–Trinajstić information content (AvgIpc) is 3.50. The Labute approximate surface area is 186 Å². The summed E-state index contributed by atoms with van der Waals surface area (Å²) in [5.74, 6) is 0.985. The topological polar surface area (TPSA) is 96.7 Å². The molecule has 5 rings (SSSR count). The van der Waals surface area contributed by atoms with Gasteiger partial charge in [0.1, 0.15) is 12.1 Å². The molecule has 3 aromatic heterocycles. The van der Waals surface area contributed by atoms with Gasteiger partial charge < -0.3 is 20.3 Å². The van der Waals surface area contributed by atoms with Crippen LogP contribution in [0.1, 0.15) is 30.7 Å². The van der Waals surface area contributed by atoms with Crippen LogP contribution < -0.4 is 15.5 Å². The molecule has 1 saturated heterocycles. The van der Waals surface area contributed by atoms with Gasteiger partial charge in [0.15, 0.2) is 5.65 Å². The first-order chi connectivity index (χ1) is 15.7. The zero-order valence-electron chi connectivity index (χ0n) is 17.9. The molecule has 2 fully saturated rings. The molecular weight excluding hydrogens is 406 g/mol. The summed E-state index contributed by atoms with van der Waals surface area (Å²) in [6, 6.07) is 6.36. The molecule has 3 aromatic rings. The fourth-order valence-electron chi connectivity index (χ4n) is 4.54. The van der Waals surface area contributed by atoms with Crippen LogP contribution in [0.5, 0.6) is 0 Å². The summed E-state index contributed by atoms with van der Waals surface area (Å²) in [6.45, 7) is 6.80. The third-order valence-electron chi connectivity index (χ3n) is 6.22. The molecule has 2 unspecified atom stereocenters. The van der Waals surface area contributed by atoms with Gasteiger partial charge in [-0.25, -0.2) is 14.5 Å². The first-order valence-corrected chi connectivity index (χ1v) is 11.0. The smallest absolute Gasteiger partial charge is 0.243 e. The molecule has 2 N–H and O–H groups in total. The normalized spacial score (nSPS) is 20.9. The second kappa shape index (κ2) is 8.96. The van der Waals surface area contributed by atoms with Crippen LogP contribution in [-0.4, -0.2) is 57.8 Å². The quantitative estimate of drug-likeness (QED) is 0.577. The monoisotopic (exact) mass is 433 g/mol. The number of pyridine rings is 2. The lowest BCUT2D eigenvalue weighted by Crippen LogP contribution is -2.36. The maximum Gasteiger partial charge on any atom is 0.243 e. The van der Waals surface area contributed by atoms with Gasteiger partial charge in [-0.05, 0) is 55.0 Å². The summed E-state index contributed by atoms with van der Waals surface area (Å²) in [4.78, 5) is 23.0. The molecule has 2 aliphatic rings. The number of nitrogens with zero attached hydrogens (tertiary/aromatic N) is 5. The molecule has 9 nitrogen and oxygen atoms in total. The summed E-state index contributed by atoms with van der Waals surface area (Å²) in [6.07, 6.45) is 9.66. The van der Waals surface area contributed by atoms with Crippen molar-refractivity contribution in [1.29, 1.82) is 0 Å². The number of nitrogens with one attached hydrogen (secondary N) is 2. The summed E-state index contributed by atoms with van der Waals surface area (Å²) >= 11 is 0. The Bertz CT molecular complexity index is 1110. The van der Waals surface area contributed by atoms with Crippen molar-refractivity contribution in [3.05, 3.63) is 55.1 Å². The van der Waals surface area contributed by atoms with Crippen LogP contribution in [0.4, 0.5) is 17.2 Å². The molecule has 0 bridgehead atoms. The molecule has 0 radical (unpaired) electrons. The van der Waals surface area contributed by atoms with E-state index in [1.165, 1.54) is 11.6 Å². The zero-order valence-corrected chi connectivity index (χ0v) is 17.9. The van der Waals surface area contributed by atoms with Crippen LogP contribution in [0.2, 0.25) is 0 Å². The van der Waals surface area contributed by atoms with Gasteiger partial charge in [0.25, 0.3) is 0 Å². The number of carbonyl (C=O) groups is 1. The van der Waals surface area contributed by atoms with Crippen molar-refractivity contribution < 1.29 is 9.53 Å². The number of fused-ring (bicyclic) bond motifs is 1. The lowest BCUT2D eigenvalue weighted by molar-refractivity contribution is -0.117. The number of hydrogen-bond donors (Lipinski definition) is 2.